The van der Waals surface area contributed by atoms with E-state index >= 15 is 0 Å². The van der Waals surface area contributed by atoms with Crippen LogP contribution in [0.1, 0.15) is 51.2 Å². The average molecular weight is 353 g/mol. The number of nitrogens with zero attached hydrogens (tertiary/aromatic N) is 1. The maximum atomic E-state index is 13.1. The van der Waals surface area contributed by atoms with Gasteiger partial charge in [-0.05, 0) is 32.3 Å². The molecule has 4 atom stereocenters. The second kappa shape index (κ2) is 7.85. The lowest BCUT2D eigenvalue weighted by Gasteiger charge is -2.43. The van der Waals surface area contributed by atoms with Crippen molar-refractivity contribution in [2.75, 3.05) is 13.1 Å². The number of hydrogen-bond acceptors (Lipinski definition) is 3. The van der Waals surface area contributed by atoms with Crippen LogP contribution in [0.4, 0.5) is 0 Å². The molecule has 1 saturated carbocycles. The van der Waals surface area contributed by atoms with Crippen LogP contribution < -0.4 is 5.73 Å². The molecule has 2 aliphatic rings. The smallest absolute Gasteiger partial charge is 0.227 e. The Bertz CT molecular complexity index is 550. The van der Waals surface area contributed by atoms with Crippen LogP contribution in [0, 0.1) is 5.92 Å². The van der Waals surface area contributed by atoms with E-state index in [1.807, 2.05) is 36.9 Å². The van der Waals surface area contributed by atoms with Gasteiger partial charge in [0.05, 0.1) is 18.6 Å². The predicted octanol–water partition coefficient (Wildman–Crippen LogP) is 3.30. The van der Waals surface area contributed by atoms with Crippen molar-refractivity contribution in [3.8, 4) is 0 Å². The van der Waals surface area contributed by atoms with Crippen molar-refractivity contribution in [2.45, 2.75) is 57.3 Å². The van der Waals surface area contributed by atoms with E-state index in [9.17, 15) is 4.79 Å². The zero-order valence-corrected chi connectivity index (χ0v) is 15.4. The number of benzene rings is 1. The summed E-state index contributed by atoms with van der Waals surface area (Å²) < 4.78 is 6.07. The molecule has 134 valence electrons. The molecule has 1 saturated heterocycles. The summed E-state index contributed by atoms with van der Waals surface area (Å²) in [6.45, 7) is 5.36. The van der Waals surface area contributed by atoms with Gasteiger partial charge in [0.25, 0.3) is 0 Å². The molecule has 4 nitrogen and oxygen atoms in total. The lowest BCUT2D eigenvalue weighted by atomic mass is 9.74. The van der Waals surface area contributed by atoms with Crippen LogP contribution in [-0.2, 0) is 9.53 Å². The Labute approximate surface area is 151 Å². The standard InChI is InChI=1S/C19H28N2O2.ClH/c1-14-12-21(13-17(23-14)15-8-4-3-5-9-15)18(22)16-10-6-7-11-19(16,2)20;/h3-5,8-9,14,16-17H,6-7,10-13,20H2,1-2H3;1H. The van der Waals surface area contributed by atoms with Gasteiger partial charge in [-0.1, -0.05) is 43.2 Å². The monoisotopic (exact) mass is 352 g/mol. The molecular formula is C19H29ClN2O2. The number of amides is 1. The van der Waals surface area contributed by atoms with E-state index in [4.69, 9.17) is 10.5 Å². The van der Waals surface area contributed by atoms with Crippen molar-refractivity contribution in [1.29, 1.82) is 0 Å². The average Bonchev–Trinajstić information content (AvgIpc) is 2.54. The zero-order chi connectivity index (χ0) is 16.4. The molecule has 0 spiro atoms. The van der Waals surface area contributed by atoms with E-state index in [2.05, 4.69) is 12.1 Å². The minimum absolute atomic E-state index is 0. The molecule has 24 heavy (non-hydrogen) atoms. The summed E-state index contributed by atoms with van der Waals surface area (Å²) in [6, 6.07) is 10.2. The molecule has 0 aromatic heterocycles. The summed E-state index contributed by atoms with van der Waals surface area (Å²) in [4.78, 5) is 15.1. The van der Waals surface area contributed by atoms with E-state index in [0.717, 1.165) is 31.2 Å². The Balaban J connectivity index is 0.00000208. The van der Waals surface area contributed by atoms with E-state index < -0.39 is 0 Å². The molecule has 5 heteroatoms. The Morgan fingerprint density at radius 3 is 2.62 bits per heavy atom. The minimum atomic E-state index is -0.376. The highest BCUT2D eigenvalue weighted by atomic mass is 35.5. The van der Waals surface area contributed by atoms with Gasteiger partial charge in [-0.3, -0.25) is 4.79 Å². The zero-order valence-electron chi connectivity index (χ0n) is 14.6. The van der Waals surface area contributed by atoms with Crippen molar-refractivity contribution in [2.24, 2.45) is 11.7 Å². The summed E-state index contributed by atoms with van der Waals surface area (Å²) in [5.74, 6) is 0.156. The van der Waals surface area contributed by atoms with Crippen molar-refractivity contribution in [1.82, 2.24) is 4.90 Å². The topological polar surface area (TPSA) is 55.6 Å². The molecule has 0 bridgehead atoms. The van der Waals surface area contributed by atoms with Gasteiger partial charge in [0.1, 0.15) is 6.10 Å². The van der Waals surface area contributed by atoms with Gasteiger partial charge in [0.15, 0.2) is 0 Å². The molecule has 2 fully saturated rings. The van der Waals surface area contributed by atoms with Gasteiger partial charge in [0, 0.05) is 12.1 Å². The molecule has 1 aliphatic carbocycles. The molecule has 1 aromatic carbocycles. The van der Waals surface area contributed by atoms with Gasteiger partial charge in [-0.15, -0.1) is 12.4 Å². The van der Waals surface area contributed by atoms with Crippen LogP contribution in [-0.4, -0.2) is 35.5 Å². The molecule has 1 heterocycles. The maximum absolute atomic E-state index is 13.1. The molecule has 3 rings (SSSR count). The number of carbonyl (C=O) groups excluding carboxylic acids is 1. The third-order valence-corrected chi connectivity index (χ3v) is 5.30. The van der Waals surface area contributed by atoms with Crippen LogP contribution in [0.5, 0.6) is 0 Å². The first-order valence-electron chi connectivity index (χ1n) is 8.75. The quantitative estimate of drug-likeness (QED) is 0.888. The molecular weight excluding hydrogens is 324 g/mol. The van der Waals surface area contributed by atoms with Crippen molar-refractivity contribution in [3.05, 3.63) is 35.9 Å². The highest BCUT2D eigenvalue weighted by molar-refractivity contribution is 5.85. The second-order valence-electron chi connectivity index (χ2n) is 7.39. The summed E-state index contributed by atoms with van der Waals surface area (Å²) in [5, 5.41) is 0. The summed E-state index contributed by atoms with van der Waals surface area (Å²) in [5.41, 5.74) is 7.19. The largest absolute Gasteiger partial charge is 0.367 e. The third-order valence-electron chi connectivity index (χ3n) is 5.30. The third kappa shape index (κ3) is 4.11. The molecule has 1 aromatic rings. The minimum Gasteiger partial charge on any atom is -0.367 e. The normalized spacial score (nSPS) is 33.6. The van der Waals surface area contributed by atoms with Crippen LogP contribution in [0.15, 0.2) is 30.3 Å². The second-order valence-corrected chi connectivity index (χ2v) is 7.39. The SMILES string of the molecule is CC1CN(C(=O)C2CCCCC2(C)N)CC(c2ccccc2)O1.Cl. The lowest BCUT2D eigenvalue weighted by Crippen LogP contribution is -2.56. The van der Waals surface area contributed by atoms with E-state index in [1.165, 1.54) is 0 Å². The van der Waals surface area contributed by atoms with Gasteiger partial charge < -0.3 is 15.4 Å². The van der Waals surface area contributed by atoms with E-state index in [-0.39, 0.29) is 42.0 Å². The lowest BCUT2D eigenvalue weighted by molar-refractivity contribution is -0.152. The summed E-state index contributed by atoms with van der Waals surface area (Å²) in [6.07, 6.45) is 4.08. The first kappa shape index (κ1) is 19.2. The summed E-state index contributed by atoms with van der Waals surface area (Å²) in [7, 11) is 0. The van der Waals surface area contributed by atoms with Crippen molar-refractivity contribution >= 4 is 18.3 Å². The first-order valence-corrected chi connectivity index (χ1v) is 8.75. The Hall–Kier alpha value is -1.10. The van der Waals surface area contributed by atoms with E-state index in [1.54, 1.807) is 0 Å². The molecule has 0 radical (unpaired) electrons. The number of nitrogens with two attached hydrogens (primary N) is 1. The van der Waals surface area contributed by atoms with Gasteiger partial charge in [-0.25, -0.2) is 0 Å². The fourth-order valence-electron chi connectivity index (χ4n) is 3.97. The molecule has 4 unspecified atom stereocenters. The number of carbonyl (C=O) groups is 1. The number of ether oxygens (including phenoxy) is 1. The molecule has 1 aliphatic heterocycles. The molecule has 2 N–H and O–H groups in total. The van der Waals surface area contributed by atoms with Gasteiger partial charge >= 0.3 is 0 Å². The van der Waals surface area contributed by atoms with Crippen molar-refractivity contribution < 1.29 is 9.53 Å². The summed E-state index contributed by atoms with van der Waals surface area (Å²) >= 11 is 0. The predicted molar refractivity (Wildman–Crippen MR) is 98.1 cm³/mol. The van der Waals surface area contributed by atoms with Crippen molar-refractivity contribution in [3.63, 3.8) is 0 Å². The number of morpholine rings is 1. The first-order chi connectivity index (χ1) is 11.0. The highest BCUT2D eigenvalue weighted by Crippen LogP contribution is 2.34. The number of halogens is 1. The fourth-order valence-corrected chi connectivity index (χ4v) is 3.97. The Morgan fingerprint density at radius 2 is 1.96 bits per heavy atom. The van der Waals surface area contributed by atoms with Crippen LogP contribution >= 0.6 is 12.4 Å². The van der Waals surface area contributed by atoms with E-state index in [0.29, 0.717) is 13.1 Å². The number of rotatable bonds is 2. The number of hydrogen-bond donors (Lipinski definition) is 1. The van der Waals surface area contributed by atoms with Crippen LogP contribution in [0.3, 0.4) is 0 Å². The maximum Gasteiger partial charge on any atom is 0.227 e. The highest BCUT2D eigenvalue weighted by Gasteiger charge is 2.41. The van der Waals surface area contributed by atoms with Gasteiger partial charge in [0.2, 0.25) is 5.91 Å². The Kier molecular flexibility index (Phi) is 6.29. The fraction of sp³-hybridized carbons (Fsp3) is 0.632. The molecule has 1 amide bonds. The van der Waals surface area contributed by atoms with Crippen LogP contribution in [0.2, 0.25) is 0 Å². The Morgan fingerprint density at radius 1 is 1.25 bits per heavy atom. The van der Waals surface area contributed by atoms with Crippen LogP contribution in [0.25, 0.3) is 0 Å². The van der Waals surface area contributed by atoms with Gasteiger partial charge in [-0.2, -0.15) is 0 Å².